The largest absolute Gasteiger partial charge is 0.330 e. The molecule has 15 heavy (non-hydrogen) atoms. The first-order valence-corrected chi connectivity index (χ1v) is 6.58. The first kappa shape index (κ1) is 13.0. The predicted octanol–water partition coefficient (Wildman–Crippen LogP) is 2.79. The number of halogens is 1. The summed E-state index contributed by atoms with van der Waals surface area (Å²) in [7, 11) is 0. The number of hydrogen-bond donors (Lipinski definition) is 1. The van der Waals surface area contributed by atoms with Crippen molar-refractivity contribution in [3.8, 4) is 0 Å². The number of nitrogens with two attached hydrogens (primary N) is 1. The Balaban J connectivity index is 2.63. The lowest BCUT2D eigenvalue weighted by Crippen LogP contribution is -2.31. The summed E-state index contributed by atoms with van der Waals surface area (Å²) in [6.45, 7) is 8.23. The average molecular weight is 247 g/mol. The van der Waals surface area contributed by atoms with Gasteiger partial charge in [0.15, 0.2) is 0 Å². The molecule has 86 valence electrons. The third kappa shape index (κ3) is 3.76. The Kier molecular flexibility index (Phi) is 5.61. The Hall–Kier alpha value is -0.0900. The molecule has 0 radical (unpaired) electrons. The van der Waals surface area contributed by atoms with Crippen molar-refractivity contribution in [1.29, 1.82) is 0 Å². The first-order chi connectivity index (χ1) is 7.21. The number of nitrogens with zero attached hydrogens (tertiary/aromatic N) is 1. The molecular formula is C11H19ClN2S. The molecule has 0 saturated heterocycles. The Morgan fingerprint density at radius 2 is 2.07 bits per heavy atom. The number of likely N-dealkylation sites (N-methyl/N-ethyl adjacent to an activating group) is 1. The van der Waals surface area contributed by atoms with Crippen molar-refractivity contribution in [2.45, 2.75) is 19.8 Å². The molecule has 4 heteroatoms. The van der Waals surface area contributed by atoms with E-state index in [2.05, 4.69) is 24.8 Å². The molecule has 2 nitrogen and oxygen atoms in total. The maximum absolute atomic E-state index is 5.93. The summed E-state index contributed by atoms with van der Waals surface area (Å²) in [6.07, 6.45) is 0. The van der Waals surface area contributed by atoms with Crippen molar-refractivity contribution < 1.29 is 0 Å². The van der Waals surface area contributed by atoms with Crippen molar-refractivity contribution in [2.24, 2.45) is 5.73 Å². The molecule has 0 aromatic carbocycles. The smallest absolute Gasteiger partial charge is 0.0931 e. The van der Waals surface area contributed by atoms with Crippen LogP contribution in [0.5, 0.6) is 0 Å². The van der Waals surface area contributed by atoms with Gasteiger partial charge in [0.05, 0.1) is 4.34 Å². The topological polar surface area (TPSA) is 29.3 Å². The fraction of sp³-hybridized carbons (Fsp3) is 0.636. The quantitative estimate of drug-likeness (QED) is 0.837. The summed E-state index contributed by atoms with van der Waals surface area (Å²) < 4.78 is 0.850. The monoisotopic (exact) mass is 246 g/mol. The van der Waals surface area contributed by atoms with Gasteiger partial charge in [-0.3, -0.25) is 0 Å². The Bertz CT molecular complexity index is 284. The van der Waals surface area contributed by atoms with E-state index < -0.39 is 0 Å². The van der Waals surface area contributed by atoms with E-state index in [4.69, 9.17) is 17.3 Å². The van der Waals surface area contributed by atoms with Crippen molar-refractivity contribution in [1.82, 2.24) is 4.90 Å². The Morgan fingerprint density at radius 3 is 2.47 bits per heavy atom. The predicted molar refractivity (Wildman–Crippen MR) is 68.9 cm³/mol. The minimum atomic E-state index is 0.419. The number of hydrogen-bond acceptors (Lipinski definition) is 3. The highest BCUT2D eigenvalue weighted by Gasteiger charge is 2.14. The third-order valence-electron chi connectivity index (χ3n) is 2.65. The van der Waals surface area contributed by atoms with Crippen LogP contribution in [0.2, 0.25) is 4.34 Å². The Morgan fingerprint density at radius 1 is 1.40 bits per heavy atom. The van der Waals surface area contributed by atoms with Crippen LogP contribution in [-0.4, -0.2) is 31.1 Å². The highest BCUT2D eigenvalue weighted by Crippen LogP contribution is 2.28. The lowest BCUT2D eigenvalue weighted by Gasteiger charge is -2.23. The van der Waals surface area contributed by atoms with Gasteiger partial charge in [0, 0.05) is 23.9 Å². The van der Waals surface area contributed by atoms with E-state index in [-0.39, 0.29) is 0 Å². The van der Waals surface area contributed by atoms with Gasteiger partial charge in [0.1, 0.15) is 0 Å². The molecule has 0 saturated carbocycles. The van der Waals surface area contributed by atoms with Crippen LogP contribution in [0.15, 0.2) is 12.1 Å². The summed E-state index contributed by atoms with van der Waals surface area (Å²) in [6, 6.07) is 4.04. The summed E-state index contributed by atoms with van der Waals surface area (Å²) >= 11 is 7.57. The summed E-state index contributed by atoms with van der Waals surface area (Å²) in [5.74, 6) is 0.419. The second-order valence-electron chi connectivity index (χ2n) is 3.56. The van der Waals surface area contributed by atoms with Crippen LogP contribution in [0.3, 0.4) is 0 Å². The maximum Gasteiger partial charge on any atom is 0.0931 e. The van der Waals surface area contributed by atoms with Crippen LogP contribution < -0.4 is 5.73 Å². The van der Waals surface area contributed by atoms with E-state index in [1.54, 1.807) is 11.3 Å². The molecule has 1 heterocycles. The highest BCUT2D eigenvalue weighted by molar-refractivity contribution is 7.16. The van der Waals surface area contributed by atoms with Crippen LogP contribution in [0.25, 0.3) is 0 Å². The van der Waals surface area contributed by atoms with E-state index in [1.165, 1.54) is 4.88 Å². The molecule has 2 N–H and O–H groups in total. The molecule has 1 rings (SSSR count). The molecule has 1 unspecified atom stereocenters. The van der Waals surface area contributed by atoms with Crippen molar-refractivity contribution in [2.75, 3.05) is 26.2 Å². The molecule has 0 spiro atoms. The zero-order chi connectivity index (χ0) is 11.3. The van der Waals surface area contributed by atoms with Crippen molar-refractivity contribution >= 4 is 22.9 Å². The van der Waals surface area contributed by atoms with Crippen LogP contribution >= 0.6 is 22.9 Å². The SMILES string of the molecule is CCN(CC)CC(CN)c1ccc(Cl)s1. The molecule has 1 aromatic rings. The number of thiophene rings is 1. The van der Waals surface area contributed by atoms with Crippen molar-refractivity contribution in [3.63, 3.8) is 0 Å². The van der Waals surface area contributed by atoms with E-state index >= 15 is 0 Å². The zero-order valence-electron chi connectivity index (χ0n) is 9.37. The minimum Gasteiger partial charge on any atom is -0.330 e. The molecule has 0 aliphatic heterocycles. The van der Waals surface area contributed by atoms with E-state index in [9.17, 15) is 0 Å². The second kappa shape index (κ2) is 6.48. The van der Waals surface area contributed by atoms with Crippen LogP contribution in [0, 0.1) is 0 Å². The van der Waals surface area contributed by atoms with Gasteiger partial charge in [-0.25, -0.2) is 0 Å². The zero-order valence-corrected chi connectivity index (χ0v) is 10.9. The average Bonchev–Trinajstić information content (AvgIpc) is 2.67. The van der Waals surface area contributed by atoms with Gasteiger partial charge < -0.3 is 10.6 Å². The Labute approximate surface area is 101 Å². The number of rotatable bonds is 6. The lowest BCUT2D eigenvalue weighted by atomic mass is 10.1. The fourth-order valence-corrected chi connectivity index (χ4v) is 2.79. The van der Waals surface area contributed by atoms with Gasteiger partial charge in [-0.15, -0.1) is 11.3 Å². The normalized spacial score (nSPS) is 13.4. The second-order valence-corrected chi connectivity index (χ2v) is 5.31. The standard InChI is InChI=1S/C11H19ClN2S/c1-3-14(4-2)8-9(7-13)10-5-6-11(12)15-10/h5-6,9H,3-4,7-8,13H2,1-2H3. The van der Waals surface area contributed by atoms with Crippen LogP contribution in [-0.2, 0) is 0 Å². The van der Waals surface area contributed by atoms with Gasteiger partial charge in [0.2, 0.25) is 0 Å². The fourth-order valence-electron chi connectivity index (χ4n) is 1.62. The summed E-state index contributed by atoms with van der Waals surface area (Å²) in [5.41, 5.74) is 5.81. The highest BCUT2D eigenvalue weighted by atomic mass is 35.5. The molecule has 0 fully saturated rings. The minimum absolute atomic E-state index is 0.419. The van der Waals surface area contributed by atoms with Crippen LogP contribution in [0.1, 0.15) is 24.6 Å². The van der Waals surface area contributed by atoms with Gasteiger partial charge >= 0.3 is 0 Å². The molecule has 0 aliphatic carbocycles. The molecule has 0 bridgehead atoms. The van der Waals surface area contributed by atoms with Gasteiger partial charge in [-0.2, -0.15) is 0 Å². The van der Waals surface area contributed by atoms with E-state index in [1.807, 2.05) is 6.07 Å². The van der Waals surface area contributed by atoms with Crippen molar-refractivity contribution in [3.05, 3.63) is 21.3 Å². The molecule has 1 aromatic heterocycles. The third-order valence-corrected chi connectivity index (χ3v) is 4.05. The molecule has 1 atom stereocenters. The summed E-state index contributed by atoms with van der Waals surface area (Å²) in [4.78, 5) is 3.69. The molecular weight excluding hydrogens is 228 g/mol. The van der Waals surface area contributed by atoms with E-state index in [0.717, 1.165) is 24.0 Å². The van der Waals surface area contributed by atoms with Gasteiger partial charge in [0.25, 0.3) is 0 Å². The van der Waals surface area contributed by atoms with Crippen LogP contribution in [0.4, 0.5) is 0 Å². The first-order valence-electron chi connectivity index (χ1n) is 5.38. The van der Waals surface area contributed by atoms with Gasteiger partial charge in [-0.05, 0) is 25.2 Å². The maximum atomic E-state index is 5.93. The lowest BCUT2D eigenvalue weighted by molar-refractivity contribution is 0.285. The summed E-state index contributed by atoms with van der Waals surface area (Å²) in [5, 5.41) is 0. The molecule has 0 aliphatic rings. The van der Waals surface area contributed by atoms with Gasteiger partial charge in [-0.1, -0.05) is 25.4 Å². The van der Waals surface area contributed by atoms with E-state index in [0.29, 0.717) is 12.5 Å². The molecule has 0 amide bonds.